The van der Waals surface area contributed by atoms with Crippen molar-refractivity contribution < 1.29 is 17.9 Å². The van der Waals surface area contributed by atoms with Gasteiger partial charge in [0, 0.05) is 5.69 Å². The van der Waals surface area contributed by atoms with Crippen LogP contribution in [0.15, 0.2) is 23.1 Å². The van der Waals surface area contributed by atoms with E-state index in [0.717, 1.165) is 0 Å². The number of anilines is 1. The van der Waals surface area contributed by atoms with E-state index < -0.39 is 16.0 Å². The number of aryl methyl sites for hydroxylation is 1. The van der Waals surface area contributed by atoms with Crippen molar-refractivity contribution >= 4 is 21.7 Å². The number of nitrogens with two attached hydrogens (primary N) is 1. The summed E-state index contributed by atoms with van der Waals surface area (Å²) in [4.78, 5) is 11.2. The van der Waals surface area contributed by atoms with Gasteiger partial charge in [-0.1, -0.05) is 0 Å². The number of hydrogen-bond donors (Lipinski definition) is 2. The van der Waals surface area contributed by atoms with E-state index in [0.29, 0.717) is 11.3 Å². The molecule has 0 aliphatic heterocycles. The summed E-state index contributed by atoms with van der Waals surface area (Å²) >= 11 is 0. The molecule has 0 aliphatic rings. The second-order valence-corrected chi connectivity index (χ2v) is 5.39. The van der Waals surface area contributed by atoms with E-state index in [1.165, 1.54) is 12.1 Å². The Labute approximate surface area is 106 Å². The summed E-state index contributed by atoms with van der Waals surface area (Å²) in [6.07, 6.45) is 0. The smallest absolute Gasteiger partial charge is 0.321 e. The van der Waals surface area contributed by atoms with Gasteiger partial charge >= 0.3 is 5.97 Å². The van der Waals surface area contributed by atoms with Gasteiger partial charge in [0.15, 0.2) is 0 Å². The summed E-state index contributed by atoms with van der Waals surface area (Å²) in [5, 5.41) is 0. The molecular weight excluding hydrogens is 256 g/mol. The van der Waals surface area contributed by atoms with Crippen LogP contribution < -0.4 is 10.5 Å². The van der Waals surface area contributed by atoms with Gasteiger partial charge in [-0.15, -0.1) is 0 Å². The quantitative estimate of drug-likeness (QED) is 0.598. The molecule has 0 heterocycles. The molecule has 0 aromatic heterocycles. The van der Waals surface area contributed by atoms with E-state index >= 15 is 0 Å². The highest BCUT2D eigenvalue weighted by Gasteiger charge is 2.18. The molecular formula is C11H16N2O4S. The molecule has 7 heteroatoms. The SMILES string of the molecule is CCOC(=O)CNS(=O)(=O)c1ccc(N)cc1C. The Bertz CT molecular complexity index is 540. The number of hydrogen-bond acceptors (Lipinski definition) is 5. The molecule has 1 aromatic carbocycles. The zero-order valence-electron chi connectivity index (χ0n) is 10.3. The second-order valence-electron chi connectivity index (χ2n) is 3.65. The number of benzene rings is 1. The van der Waals surface area contributed by atoms with Gasteiger partial charge in [0.2, 0.25) is 10.0 Å². The highest BCUT2D eigenvalue weighted by Crippen LogP contribution is 2.17. The lowest BCUT2D eigenvalue weighted by atomic mass is 10.2. The predicted octanol–water partition coefficient (Wildman–Crippen LogP) is 0.419. The first-order chi connectivity index (χ1) is 8.36. The Morgan fingerprint density at radius 2 is 2.11 bits per heavy atom. The number of nitrogen functional groups attached to an aromatic ring is 1. The second kappa shape index (κ2) is 5.83. The molecule has 0 saturated carbocycles. The molecule has 0 radical (unpaired) electrons. The zero-order chi connectivity index (χ0) is 13.8. The van der Waals surface area contributed by atoms with Crippen molar-refractivity contribution in [3.05, 3.63) is 23.8 Å². The standard InChI is InChI=1S/C11H16N2O4S/c1-3-17-11(14)7-13-18(15,16)10-5-4-9(12)6-8(10)2/h4-6,13H,3,7,12H2,1-2H3. The van der Waals surface area contributed by atoms with Crippen LogP contribution >= 0.6 is 0 Å². The summed E-state index contributed by atoms with van der Waals surface area (Å²) in [5.74, 6) is -0.617. The monoisotopic (exact) mass is 272 g/mol. The van der Waals surface area contributed by atoms with Crippen LogP contribution in [0, 0.1) is 6.92 Å². The first-order valence-corrected chi connectivity index (χ1v) is 6.86. The molecule has 0 bridgehead atoms. The molecule has 0 fully saturated rings. The average Bonchev–Trinajstić information content (AvgIpc) is 2.26. The normalized spacial score (nSPS) is 11.2. The van der Waals surface area contributed by atoms with E-state index in [1.807, 2.05) is 0 Å². The van der Waals surface area contributed by atoms with E-state index in [9.17, 15) is 13.2 Å². The Kier molecular flexibility index (Phi) is 4.69. The Balaban J connectivity index is 2.83. The van der Waals surface area contributed by atoms with Crippen molar-refractivity contribution in [1.29, 1.82) is 0 Å². The highest BCUT2D eigenvalue weighted by atomic mass is 32.2. The molecule has 1 aromatic rings. The molecule has 0 spiro atoms. The number of sulfonamides is 1. The average molecular weight is 272 g/mol. The van der Waals surface area contributed by atoms with E-state index in [4.69, 9.17) is 5.73 Å². The molecule has 0 amide bonds. The van der Waals surface area contributed by atoms with E-state index in [2.05, 4.69) is 9.46 Å². The van der Waals surface area contributed by atoms with Gasteiger partial charge in [-0.3, -0.25) is 4.79 Å². The van der Waals surface area contributed by atoms with Crippen molar-refractivity contribution in [2.75, 3.05) is 18.9 Å². The van der Waals surface area contributed by atoms with Crippen LogP contribution in [0.3, 0.4) is 0 Å². The van der Waals surface area contributed by atoms with Gasteiger partial charge in [0.1, 0.15) is 6.54 Å². The number of carbonyl (C=O) groups is 1. The maximum Gasteiger partial charge on any atom is 0.321 e. The van der Waals surface area contributed by atoms with Crippen molar-refractivity contribution in [2.24, 2.45) is 0 Å². The Morgan fingerprint density at radius 1 is 1.44 bits per heavy atom. The van der Waals surface area contributed by atoms with Crippen LogP contribution in [0.2, 0.25) is 0 Å². The third kappa shape index (κ3) is 3.71. The van der Waals surface area contributed by atoms with Crippen LogP contribution in [-0.2, 0) is 19.6 Å². The van der Waals surface area contributed by atoms with E-state index in [-0.39, 0.29) is 18.0 Å². The number of carbonyl (C=O) groups excluding carboxylic acids is 1. The molecule has 18 heavy (non-hydrogen) atoms. The Morgan fingerprint density at radius 3 is 2.67 bits per heavy atom. The predicted molar refractivity (Wildman–Crippen MR) is 67.4 cm³/mol. The topological polar surface area (TPSA) is 98.5 Å². The molecule has 1 rings (SSSR count). The number of rotatable bonds is 5. The van der Waals surface area contributed by atoms with Crippen molar-refractivity contribution in [3.63, 3.8) is 0 Å². The van der Waals surface area contributed by atoms with Gasteiger partial charge in [-0.05, 0) is 37.6 Å². The fraction of sp³-hybridized carbons (Fsp3) is 0.364. The molecule has 6 nitrogen and oxygen atoms in total. The van der Waals surface area contributed by atoms with Crippen LogP contribution in [0.5, 0.6) is 0 Å². The fourth-order valence-corrected chi connectivity index (χ4v) is 2.61. The molecule has 0 saturated heterocycles. The lowest BCUT2D eigenvalue weighted by molar-refractivity contribution is -0.141. The lowest BCUT2D eigenvalue weighted by Gasteiger charge is -2.09. The van der Waals surface area contributed by atoms with Crippen LogP contribution in [0.1, 0.15) is 12.5 Å². The summed E-state index contributed by atoms with van der Waals surface area (Å²) in [6, 6.07) is 4.45. The van der Waals surface area contributed by atoms with Gasteiger partial charge in [-0.25, -0.2) is 8.42 Å². The van der Waals surface area contributed by atoms with Crippen molar-refractivity contribution in [2.45, 2.75) is 18.7 Å². The molecule has 0 unspecified atom stereocenters. The van der Waals surface area contributed by atoms with Gasteiger partial charge in [0.05, 0.1) is 11.5 Å². The minimum Gasteiger partial charge on any atom is -0.465 e. The Hall–Kier alpha value is -1.60. The van der Waals surface area contributed by atoms with Crippen molar-refractivity contribution in [1.82, 2.24) is 4.72 Å². The molecule has 0 aliphatic carbocycles. The van der Waals surface area contributed by atoms with Crippen molar-refractivity contribution in [3.8, 4) is 0 Å². The maximum absolute atomic E-state index is 11.9. The van der Waals surface area contributed by atoms with Gasteiger partial charge < -0.3 is 10.5 Å². The first-order valence-electron chi connectivity index (χ1n) is 5.38. The van der Waals surface area contributed by atoms with Gasteiger partial charge in [0.25, 0.3) is 0 Å². The number of ether oxygens (including phenoxy) is 1. The largest absolute Gasteiger partial charge is 0.465 e. The van der Waals surface area contributed by atoms with E-state index in [1.54, 1.807) is 19.9 Å². The first kappa shape index (κ1) is 14.5. The van der Waals surface area contributed by atoms with Crippen LogP contribution in [-0.4, -0.2) is 27.5 Å². The lowest BCUT2D eigenvalue weighted by Crippen LogP contribution is -2.31. The summed E-state index contributed by atoms with van der Waals surface area (Å²) in [5.41, 5.74) is 6.55. The fourth-order valence-electron chi connectivity index (χ4n) is 1.42. The third-order valence-corrected chi connectivity index (χ3v) is 3.76. The van der Waals surface area contributed by atoms with Crippen LogP contribution in [0.4, 0.5) is 5.69 Å². The molecule has 3 N–H and O–H groups in total. The third-order valence-electron chi connectivity index (χ3n) is 2.20. The highest BCUT2D eigenvalue weighted by molar-refractivity contribution is 7.89. The molecule has 0 atom stereocenters. The summed E-state index contributed by atoms with van der Waals surface area (Å²) in [6.45, 7) is 3.10. The number of nitrogens with one attached hydrogen (secondary N) is 1. The zero-order valence-corrected chi connectivity index (χ0v) is 11.1. The summed E-state index contributed by atoms with van der Waals surface area (Å²) in [7, 11) is -3.73. The summed E-state index contributed by atoms with van der Waals surface area (Å²) < 4.78 is 30.6. The minimum atomic E-state index is -3.73. The number of esters is 1. The van der Waals surface area contributed by atoms with Crippen LogP contribution in [0.25, 0.3) is 0 Å². The van der Waals surface area contributed by atoms with Gasteiger partial charge in [-0.2, -0.15) is 4.72 Å². The minimum absolute atomic E-state index is 0.0981. The maximum atomic E-state index is 11.9. The molecule has 100 valence electrons.